The van der Waals surface area contributed by atoms with Gasteiger partial charge < -0.3 is 5.32 Å². The smallest absolute Gasteiger partial charge is 0.252 e. The molecular formula is C20H24N2O3S2. The Morgan fingerprint density at radius 2 is 1.89 bits per heavy atom. The molecule has 1 N–H and O–H groups in total. The summed E-state index contributed by atoms with van der Waals surface area (Å²) in [5, 5.41) is 4.85. The van der Waals surface area contributed by atoms with E-state index in [0.29, 0.717) is 23.8 Å². The van der Waals surface area contributed by atoms with Crippen LogP contribution < -0.4 is 5.32 Å². The van der Waals surface area contributed by atoms with E-state index in [9.17, 15) is 13.2 Å². The molecule has 0 radical (unpaired) electrons. The lowest BCUT2D eigenvalue weighted by Gasteiger charge is -2.31. The predicted octanol–water partition coefficient (Wildman–Crippen LogP) is 2.90. The fourth-order valence-electron chi connectivity index (χ4n) is 4.08. The van der Waals surface area contributed by atoms with Crippen LogP contribution in [-0.4, -0.2) is 38.3 Å². The highest BCUT2D eigenvalue weighted by Crippen LogP contribution is 2.59. The molecule has 2 heterocycles. The number of nitrogens with one attached hydrogen (secondary N) is 1. The first kappa shape index (κ1) is 18.7. The third kappa shape index (κ3) is 3.81. The number of carbonyl (C=O) groups excluding carboxylic acids is 1. The van der Waals surface area contributed by atoms with E-state index < -0.39 is 10.0 Å². The van der Waals surface area contributed by atoms with Crippen molar-refractivity contribution in [2.75, 3.05) is 19.6 Å². The van der Waals surface area contributed by atoms with Crippen molar-refractivity contribution in [2.45, 2.75) is 29.9 Å². The first-order chi connectivity index (χ1) is 13.0. The van der Waals surface area contributed by atoms with Gasteiger partial charge in [0.15, 0.2) is 0 Å². The quantitative estimate of drug-likeness (QED) is 0.805. The minimum absolute atomic E-state index is 0.0122. The molecule has 1 aliphatic carbocycles. The van der Waals surface area contributed by atoms with Gasteiger partial charge in [0.1, 0.15) is 4.21 Å². The number of hydrogen-bond acceptors (Lipinski definition) is 4. The number of thiophene rings is 1. The van der Waals surface area contributed by atoms with E-state index in [1.54, 1.807) is 21.8 Å². The molecule has 27 heavy (non-hydrogen) atoms. The van der Waals surface area contributed by atoms with Crippen molar-refractivity contribution in [1.29, 1.82) is 0 Å². The van der Waals surface area contributed by atoms with E-state index in [0.717, 1.165) is 25.7 Å². The SMILES string of the molecule is O=C(NCCc1ccccc1)C1CC12CCN(S(=O)(=O)c1cccs1)CC2. The molecule has 2 fully saturated rings. The number of hydrogen-bond donors (Lipinski definition) is 1. The zero-order valence-electron chi connectivity index (χ0n) is 15.1. The zero-order chi connectivity index (χ0) is 18.9. The molecule has 5 nitrogen and oxygen atoms in total. The summed E-state index contributed by atoms with van der Waals surface area (Å²) in [4.78, 5) is 12.5. The van der Waals surface area contributed by atoms with Gasteiger partial charge in [0, 0.05) is 25.6 Å². The Hall–Kier alpha value is -1.70. The maximum absolute atomic E-state index is 12.6. The van der Waals surface area contributed by atoms with Crippen molar-refractivity contribution in [3.8, 4) is 0 Å². The molecular weight excluding hydrogens is 380 g/mol. The van der Waals surface area contributed by atoms with Crippen molar-refractivity contribution in [2.24, 2.45) is 11.3 Å². The molecule has 1 aromatic heterocycles. The Morgan fingerprint density at radius 3 is 2.56 bits per heavy atom. The standard InChI is InChI=1S/C20H24N2O3S2/c23-19(21-11-8-16-5-2-1-3-6-16)17-15-20(17)9-12-22(13-10-20)27(24,25)18-7-4-14-26-18/h1-7,14,17H,8-13,15H2,(H,21,23). The number of piperidine rings is 1. The van der Waals surface area contributed by atoms with Gasteiger partial charge in [0.25, 0.3) is 10.0 Å². The van der Waals surface area contributed by atoms with Gasteiger partial charge >= 0.3 is 0 Å². The maximum atomic E-state index is 12.6. The number of sulfonamides is 1. The normalized spacial score (nSPS) is 21.9. The Balaban J connectivity index is 1.27. The lowest BCUT2D eigenvalue weighted by molar-refractivity contribution is -0.123. The van der Waals surface area contributed by atoms with Gasteiger partial charge in [-0.1, -0.05) is 36.4 Å². The van der Waals surface area contributed by atoms with Gasteiger partial charge in [0.05, 0.1) is 0 Å². The Morgan fingerprint density at radius 1 is 1.15 bits per heavy atom. The second-order valence-corrected chi connectivity index (χ2v) is 10.6. The third-order valence-electron chi connectivity index (χ3n) is 5.87. The van der Waals surface area contributed by atoms with Crippen LogP contribution in [0, 0.1) is 11.3 Å². The van der Waals surface area contributed by atoms with Crippen LogP contribution >= 0.6 is 11.3 Å². The maximum Gasteiger partial charge on any atom is 0.252 e. The molecule has 1 atom stereocenters. The molecule has 1 aromatic carbocycles. The average Bonchev–Trinajstić information content (AvgIpc) is 3.10. The highest BCUT2D eigenvalue weighted by Gasteiger charge is 2.59. The molecule has 2 aliphatic rings. The minimum atomic E-state index is -3.37. The second kappa shape index (κ2) is 7.37. The van der Waals surface area contributed by atoms with Crippen molar-refractivity contribution in [1.82, 2.24) is 9.62 Å². The van der Waals surface area contributed by atoms with Crippen LogP contribution in [0.25, 0.3) is 0 Å². The van der Waals surface area contributed by atoms with E-state index in [-0.39, 0.29) is 17.2 Å². The molecule has 144 valence electrons. The first-order valence-corrected chi connectivity index (χ1v) is 11.7. The Bertz CT molecular complexity index is 887. The molecule has 0 bridgehead atoms. The fourth-order valence-corrected chi connectivity index (χ4v) is 6.66. The van der Waals surface area contributed by atoms with E-state index in [1.807, 2.05) is 18.2 Å². The van der Waals surface area contributed by atoms with Crippen LogP contribution in [0.5, 0.6) is 0 Å². The lowest BCUT2D eigenvalue weighted by atomic mass is 9.91. The van der Waals surface area contributed by atoms with Crippen molar-refractivity contribution in [3.05, 3.63) is 53.4 Å². The summed E-state index contributed by atoms with van der Waals surface area (Å²) in [6.45, 7) is 1.66. The number of benzene rings is 1. The van der Waals surface area contributed by atoms with Gasteiger partial charge in [-0.3, -0.25) is 4.79 Å². The van der Waals surface area contributed by atoms with Crippen molar-refractivity contribution in [3.63, 3.8) is 0 Å². The van der Waals surface area contributed by atoms with Gasteiger partial charge in [-0.15, -0.1) is 11.3 Å². The summed E-state index contributed by atoms with van der Waals surface area (Å²) in [7, 11) is -3.37. The van der Waals surface area contributed by atoms with Gasteiger partial charge in [-0.25, -0.2) is 8.42 Å². The first-order valence-electron chi connectivity index (χ1n) is 9.37. The Kier molecular flexibility index (Phi) is 5.09. The fraction of sp³-hybridized carbons (Fsp3) is 0.450. The number of amides is 1. The van der Waals surface area contributed by atoms with Gasteiger partial charge in [-0.05, 0) is 48.1 Å². The molecule has 1 saturated heterocycles. The summed E-state index contributed by atoms with van der Waals surface area (Å²) < 4.78 is 27.2. The van der Waals surface area contributed by atoms with E-state index >= 15 is 0 Å². The molecule has 4 rings (SSSR count). The molecule has 1 unspecified atom stereocenters. The molecule has 1 aliphatic heterocycles. The summed E-state index contributed by atoms with van der Waals surface area (Å²) in [5.41, 5.74) is 1.23. The monoisotopic (exact) mass is 404 g/mol. The minimum Gasteiger partial charge on any atom is -0.356 e. The van der Waals surface area contributed by atoms with Crippen LogP contribution in [-0.2, 0) is 21.2 Å². The Labute approximate surface area is 164 Å². The van der Waals surface area contributed by atoms with Crippen LogP contribution in [0.1, 0.15) is 24.8 Å². The van der Waals surface area contributed by atoms with E-state index in [2.05, 4.69) is 17.4 Å². The molecule has 2 aromatic rings. The molecule has 1 saturated carbocycles. The second-order valence-electron chi connectivity index (χ2n) is 7.48. The van der Waals surface area contributed by atoms with E-state index in [4.69, 9.17) is 0 Å². The number of nitrogens with zero attached hydrogens (tertiary/aromatic N) is 1. The van der Waals surface area contributed by atoms with Gasteiger partial charge in [0.2, 0.25) is 5.91 Å². The molecule has 1 amide bonds. The summed E-state index contributed by atoms with van der Waals surface area (Å²) in [6.07, 6.45) is 3.26. The largest absolute Gasteiger partial charge is 0.356 e. The zero-order valence-corrected chi connectivity index (χ0v) is 16.8. The lowest BCUT2D eigenvalue weighted by Crippen LogP contribution is -2.40. The molecule has 7 heteroatoms. The topological polar surface area (TPSA) is 66.5 Å². The van der Waals surface area contributed by atoms with Crippen molar-refractivity contribution < 1.29 is 13.2 Å². The van der Waals surface area contributed by atoms with Crippen LogP contribution in [0.3, 0.4) is 0 Å². The highest BCUT2D eigenvalue weighted by atomic mass is 32.2. The van der Waals surface area contributed by atoms with E-state index in [1.165, 1.54) is 16.9 Å². The highest BCUT2D eigenvalue weighted by molar-refractivity contribution is 7.91. The number of carbonyl (C=O) groups is 1. The number of rotatable bonds is 6. The van der Waals surface area contributed by atoms with Crippen molar-refractivity contribution >= 4 is 27.3 Å². The van der Waals surface area contributed by atoms with Crippen LogP contribution in [0.15, 0.2) is 52.1 Å². The summed E-state index contributed by atoms with van der Waals surface area (Å²) >= 11 is 1.26. The predicted molar refractivity (Wildman–Crippen MR) is 106 cm³/mol. The summed E-state index contributed by atoms with van der Waals surface area (Å²) in [6, 6.07) is 13.5. The average molecular weight is 405 g/mol. The van der Waals surface area contributed by atoms with Gasteiger partial charge in [-0.2, -0.15) is 4.31 Å². The molecule has 1 spiro atoms. The summed E-state index contributed by atoms with van der Waals surface area (Å²) in [5.74, 6) is 0.167. The van der Waals surface area contributed by atoms with Crippen LogP contribution in [0.2, 0.25) is 0 Å². The van der Waals surface area contributed by atoms with Crippen LogP contribution in [0.4, 0.5) is 0 Å². The third-order valence-corrected chi connectivity index (χ3v) is 9.14.